The highest BCUT2D eigenvalue weighted by Gasteiger charge is 2.07. The van der Waals surface area contributed by atoms with Crippen molar-refractivity contribution in [3.05, 3.63) is 54.1 Å². The molecule has 0 fully saturated rings. The Hall–Kier alpha value is -2.40. The fourth-order valence-electron chi connectivity index (χ4n) is 1.92. The van der Waals surface area contributed by atoms with Gasteiger partial charge in [0.1, 0.15) is 5.82 Å². The number of halogens is 1. The zero-order chi connectivity index (χ0) is 13.2. The number of rotatable bonds is 2. The van der Waals surface area contributed by atoms with Gasteiger partial charge in [0.2, 0.25) is 0 Å². The largest absolute Gasteiger partial charge is 0.342 e. The predicted molar refractivity (Wildman–Crippen MR) is 80.3 cm³/mol. The number of hydrogen-bond acceptors (Lipinski definition) is 3. The smallest absolute Gasteiger partial charge is 0.257 e. The van der Waals surface area contributed by atoms with E-state index in [-0.39, 0.29) is 18.3 Å². The van der Waals surface area contributed by atoms with Crippen molar-refractivity contribution in [2.75, 3.05) is 5.32 Å². The van der Waals surface area contributed by atoms with Gasteiger partial charge < -0.3 is 10.3 Å². The fraction of sp³-hybridized carbons (Fsp3) is 0.0714. The van der Waals surface area contributed by atoms with E-state index < -0.39 is 0 Å². The lowest BCUT2D eigenvalue weighted by Gasteiger charge is -2.04. The van der Waals surface area contributed by atoms with Crippen LogP contribution in [0.25, 0.3) is 11.0 Å². The number of imidazole rings is 1. The van der Waals surface area contributed by atoms with E-state index in [2.05, 4.69) is 20.3 Å². The molecule has 1 aromatic carbocycles. The number of fused-ring (bicyclic) bond motifs is 1. The van der Waals surface area contributed by atoms with Crippen LogP contribution in [0.4, 0.5) is 5.69 Å². The maximum Gasteiger partial charge on any atom is 0.257 e. The molecule has 2 N–H and O–H groups in total. The Kier molecular flexibility index (Phi) is 4.00. The third kappa shape index (κ3) is 2.78. The summed E-state index contributed by atoms with van der Waals surface area (Å²) in [6.45, 7) is 1.90. The summed E-state index contributed by atoms with van der Waals surface area (Å²) in [4.78, 5) is 23.4. The van der Waals surface area contributed by atoms with Crippen molar-refractivity contribution in [3.8, 4) is 0 Å². The number of nitrogens with one attached hydrogen (secondary N) is 2. The van der Waals surface area contributed by atoms with Crippen LogP contribution in [0.5, 0.6) is 0 Å². The summed E-state index contributed by atoms with van der Waals surface area (Å²) in [6.07, 6.45) is 3.17. The quantitative estimate of drug-likeness (QED) is 0.761. The van der Waals surface area contributed by atoms with Gasteiger partial charge in [0.05, 0.1) is 16.6 Å². The fourth-order valence-corrected chi connectivity index (χ4v) is 1.92. The number of carbonyl (C=O) groups is 1. The van der Waals surface area contributed by atoms with Gasteiger partial charge in [-0.15, -0.1) is 12.4 Å². The second kappa shape index (κ2) is 5.71. The van der Waals surface area contributed by atoms with Crippen molar-refractivity contribution in [1.82, 2.24) is 15.0 Å². The zero-order valence-electron chi connectivity index (χ0n) is 10.8. The lowest BCUT2D eigenvalue weighted by molar-refractivity contribution is 0.102. The molecule has 2 heterocycles. The van der Waals surface area contributed by atoms with Crippen LogP contribution >= 0.6 is 12.4 Å². The number of aryl methyl sites for hydroxylation is 1. The van der Waals surface area contributed by atoms with Gasteiger partial charge in [-0.2, -0.15) is 0 Å². The average Bonchev–Trinajstić information content (AvgIpc) is 2.79. The third-order valence-electron chi connectivity index (χ3n) is 2.78. The molecule has 5 nitrogen and oxygen atoms in total. The van der Waals surface area contributed by atoms with E-state index >= 15 is 0 Å². The molecule has 0 aliphatic rings. The number of H-pyrrole nitrogens is 1. The first-order valence-corrected chi connectivity index (χ1v) is 5.90. The summed E-state index contributed by atoms with van der Waals surface area (Å²) < 4.78 is 0. The molecule has 0 aliphatic carbocycles. The Morgan fingerprint density at radius 3 is 2.90 bits per heavy atom. The van der Waals surface area contributed by atoms with Gasteiger partial charge in [-0.1, -0.05) is 0 Å². The highest BCUT2D eigenvalue weighted by molar-refractivity contribution is 6.04. The number of aromatic nitrogens is 3. The van der Waals surface area contributed by atoms with Crippen molar-refractivity contribution in [2.45, 2.75) is 6.92 Å². The van der Waals surface area contributed by atoms with Gasteiger partial charge in [0, 0.05) is 18.1 Å². The van der Waals surface area contributed by atoms with Gasteiger partial charge in [-0.05, 0) is 37.3 Å². The second-order valence-corrected chi connectivity index (χ2v) is 4.25. The summed E-state index contributed by atoms with van der Waals surface area (Å²) in [5, 5.41) is 2.83. The van der Waals surface area contributed by atoms with Crippen LogP contribution in [0.3, 0.4) is 0 Å². The van der Waals surface area contributed by atoms with Crippen molar-refractivity contribution in [3.63, 3.8) is 0 Å². The van der Waals surface area contributed by atoms with Gasteiger partial charge in [-0.3, -0.25) is 9.78 Å². The molecule has 102 valence electrons. The van der Waals surface area contributed by atoms with E-state index in [0.717, 1.165) is 22.5 Å². The van der Waals surface area contributed by atoms with E-state index in [0.29, 0.717) is 5.56 Å². The number of benzene rings is 1. The molecule has 2 aromatic heterocycles. The highest BCUT2D eigenvalue weighted by atomic mass is 35.5. The van der Waals surface area contributed by atoms with Crippen LogP contribution in [-0.4, -0.2) is 20.9 Å². The molecular weight excluding hydrogens is 276 g/mol. The van der Waals surface area contributed by atoms with Crippen molar-refractivity contribution in [1.29, 1.82) is 0 Å². The summed E-state index contributed by atoms with van der Waals surface area (Å²) in [5.74, 6) is 0.675. The maximum atomic E-state index is 12.0. The molecule has 1 amide bonds. The van der Waals surface area contributed by atoms with Crippen LogP contribution in [0.1, 0.15) is 16.2 Å². The topological polar surface area (TPSA) is 70.7 Å². The van der Waals surface area contributed by atoms with Crippen LogP contribution < -0.4 is 5.32 Å². The van der Waals surface area contributed by atoms with Crippen LogP contribution in [-0.2, 0) is 0 Å². The minimum atomic E-state index is -0.177. The average molecular weight is 289 g/mol. The number of carbonyl (C=O) groups excluding carboxylic acids is 1. The minimum Gasteiger partial charge on any atom is -0.342 e. The monoisotopic (exact) mass is 288 g/mol. The molecule has 0 unspecified atom stereocenters. The Morgan fingerprint density at radius 1 is 1.30 bits per heavy atom. The molecule has 0 aliphatic heterocycles. The second-order valence-electron chi connectivity index (χ2n) is 4.25. The molecule has 0 radical (unpaired) electrons. The SMILES string of the molecule is Cc1nc2ccc(NC(=O)c3cccnc3)cc2[nH]1.Cl. The molecule has 6 heteroatoms. The predicted octanol–water partition coefficient (Wildman–Crippen LogP) is 2.94. The number of anilines is 1. The normalized spacial score (nSPS) is 10.1. The molecular formula is C14H13ClN4O. The molecule has 0 atom stereocenters. The Bertz CT molecular complexity index is 739. The summed E-state index contributed by atoms with van der Waals surface area (Å²) in [7, 11) is 0. The first-order chi connectivity index (χ1) is 9.22. The number of nitrogens with zero attached hydrogens (tertiary/aromatic N) is 2. The molecule has 0 spiro atoms. The molecule has 3 aromatic rings. The molecule has 0 saturated carbocycles. The van der Waals surface area contributed by atoms with E-state index in [1.54, 1.807) is 18.3 Å². The van der Waals surface area contributed by atoms with Gasteiger partial charge in [0.25, 0.3) is 5.91 Å². The number of aromatic amines is 1. The van der Waals surface area contributed by atoms with Gasteiger partial charge in [-0.25, -0.2) is 4.98 Å². The molecule has 3 rings (SSSR count). The van der Waals surface area contributed by atoms with E-state index in [1.165, 1.54) is 6.20 Å². The molecule has 20 heavy (non-hydrogen) atoms. The number of amides is 1. The first kappa shape index (κ1) is 14.0. The Morgan fingerprint density at radius 2 is 2.15 bits per heavy atom. The van der Waals surface area contributed by atoms with Crippen LogP contribution in [0.15, 0.2) is 42.7 Å². The van der Waals surface area contributed by atoms with E-state index in [4.69, 9.17) is 0 Å². The number of hydrogen-bond donors (Lipinski definition) is 2. The standard InChI is InChI=1S/C14H12N4O.ClH/c1-9-16-12-5-4-11(7-13(12)17-9)18-14(19)10-3-2-6-15-8-10;/h2-8H,1H3,(H,16,17)(H,18,19);1H. The maximum absolute atomic E-state index is 12.0. The molecule has 0 saturated heterocycles. The Labute approximate surface area is 121 Å². The van der Waals surface area contributed by atoms with E-state index in [1.807, 2.05) is 25.1 Å². The zero-order valence-corrected chi connectivity index (χ0v) is 11.6. The summed E-state index contributed by atoms with van der Waals surface area (Å²) in [6, 6.07) is 9.02. The minimum absolute atomic E-state index is 0. The third-order valence-corrected chi connectivity index (χ3v) is 2.78. The van der Waals surface area contributed by atoms with Crippen LogP contribution in [0.2, 0.25) is 0 Å². The van der Waals surface area contributed by atoms with Crippen LogP contribution in [0, 0.1) is 6.92 Å². The van der Waals surface area contributed by atoms with Crippen molar-refractivity contribution >= 4 is 35.0 Å². The Balaban J connectivity index is 0.00000147. The summed E-state index contributed by atoms with van der Waals surface area (Å²) in [5.41, 5.74) is 3.05. The van der Waals surface area contributed by atoms with Gasteiger partial charge >= 0.3 is 0 Å². The summed E-state index contributed by atoms with van der Waals surface area (Å²) >= 11 is 0. The lowest BCUT2D eigenvalue weighted by atomic mass is 10.2. The lowest BCUT2D eigenvalue weighted by Crippen LogP contribution is -2.11. The highest BCUT2D eigenvalue weighted by Crippen LogP contribution is 2.17. The van der Waals surface area contributed by atoms with Crippen molar-refractivity contribution in [2.24, 2.45) is 0 Å². The van der Waals surface area contributed by atoms with Gasteiger partial charge in [0.15, 0.2) is 0 Å². The molecule has 0 bridgehead atoms. The first-order valence-electron chi connectivity index (χ1n) is 5.90. The number of pyridine rings is 1. The van der Waals surface area contributed by atoms with E-state index in [9.17, 15) is 4.79 Å². The van der Waals surface area contributed by atoms with Crippen molar-refractivity contribution < 1.29 is 4.79 Å².